The number of aliphatic hydroxyl groups excluding tert-OH is 1. The van der Waals surface area contributed by atoms with Crippen LogP contribution in [0.1, 0.15) is 25.7 Å². The molecule has 4 nitrogen and oxygen atoms in total. The van der Waals surface area contributed by atoms with Gasteiger partial charge in [0, 0.05) is 13.2 Å². The molecular weight excluding hydrogens is 319 g/mol. The van der Waals surface area contributed by atoms with Crippen molar-refractivity contribution in [3.8, 4) is 0 Å². The summed E-state index contributed by atoms with van der Waals surface area (Å²) in [5, 5.41) is 11.9. The summed E-state index contributed by atoms with van der Waals surface area (Å²) in [5.74, 6) is 0. The minimum atomic E-state index is -5.39. The standard InChI is InChI=1S/C14H18F3NO3S/c15-14(16,17)22(20,21)12-5-2-1-4-11(12)18-10-13(8-9-19)6-3-7-13/h1-2,4-5,18-19H,3,6-10H2. The van der Waals surface area contributed by atoms with Gasteiger partial charge in [-0.1, -0.05) is 18.6 Å². The third kappa shape index (κ3) is 3.22. The molecule has 0 saturated heterocycles. The van der Waals surface area contributed by atoms with Crippen molar-refractivity contribution in [1.82, 2.24) is 0 Å². The molecule has 1 saturated carbocycles. The number of benzene rings is 1. The molecule has 0 aliphatic heterocycles. The lowest BCUT2D eigenvalue weighted by Gasteiger charge is -2.42. The Balaban J connectivity index is 2.23. The van der Waals surface area contributed by atoms with Crippen LogP contribution in [0.4, 0.5) is 18.9 Å². The lowest BCUT2D eigenvalue weighted by atomic mass is 9.67. The molecule has 0 aromatic heterocycles. The first-order valence-corrected chi connectivity index (χ1v) is 8.45. The van der Waals surface area contributed by atoms with Crippen molar-refractivity contribution in [3.05, 3.63) is 24.3 Å². The van der Waals surface area contributed by atoms with Crippen molar-refractivity contribution in [2.45, 2.75) is 36.1 Å². The molecule has 1 aliphatic carbocycles. The SMILES string of the molecule is O=S(=O)(c1ccccc1NCC1(CCO)CCC1)C(F)(F)F. The molecule has 2 rings (SSSR count). The summed E-state index contributed by atoms with van der Waals surface area (Å²) in [6, 6.07) is 5.02. The van der Waals surface area contributed by atoms with E-state index in [-0.39, 0.29) is 17.7 Å². The van der Waals surface area contributed by atoms with Crippen LogP contribution < -0.4 is 5.32 Å². The number of halogens is 3. The minimum absolute atomic E-state index is 0.00414. The molecule has 124 valence electrons. The molecular formula is C14H18F3NO3S. The van der Waals surface area contributed by atoms with E-state index in [9.17, 15) is 21.6 Å². The van der Waals surface area contributed by atoms with Crippen molar-refractivity contribution in [1.29, 1.82) is 0 Å². The van der Waals surface area contributed by atoms with Gasteiger partial charge in [0.15, 0.2) is 0 Å². The summed E-state index contributed by atoms with van der Waals surface area (Å²) in [7, 11) is -5.39. The molecule has 0 amide bonds. The van der Waals surface area contributed by atoms with Crippen LogP contribution in [0.3, 0.4) is 0 Å². The predicted molar refractivity (Wildman–Crippen MR) is 76.2 cm³/mol. The maximum atomic E-state index is 12.7. The number of hydrogen-bond donors (Lipinski definition) is 2. The Morgan fingerprint density at radius 3 is 2.36 bits per heavy atom. The zero-order valence-corrected chi connectivity index (χ0v) is 12.7. The fraction of sp³-hybridized carbons (Fsp3) is 0.571. The van der Waals surface area contributed by atoms with Gasteiger partial charge in [-0.15, -0.1) is 0 Å². The number of alkyl halides is 3. The number of hydrogen-bond acceptors (Lipinski definition) is 4. The molecule has 1 aromatic rings. The summed E-state index contributed by atoms with van der Waals surface area (Å²) in [5.41, 5.74) is -5.54. The Bertz CT molecular complexity index is 624. The predicted octanol–water partition coefficient (Wildman–Crippen LogP) is 2.94. The molecule has 1 aliphatic rings. The topological polar surface area (TPSA) is 66.4 Å². The first-order chi connectivity index (χ1) is 10.2. The summed E-state index contributed by atoms with van der Waals surface area (Å²) in [6.07, 6.45) is 3.29. The Hall–Kier alpha value is -1.28. The molecule has 0 unspecified atom stereocenters. The monoisotopic (exact) mass is 337 g/mol. The zero-order valence-electron chi connectivity index (χ0n) is 11.9. The van der Waals surface area contributed by atoms with Crippen molar-refractivity contribution < 1.29 is 26.7 Å². The van der Waals surface area contributed by atoms with Crippen LogP contribution in [-0.2, 0) is 9.84 Å². The summed E-state index contributed by atoms with van der Waals surface area (Å²) in [6.45, 7) is 0.349. The second-order valence-corrected chi connectivity index (χ2v) is 7.54. The van der Waals surface area contributed by atoms with Crippen LogP contribution in [-0.4, -0.2) is 32.2 Å². The van der Waals surface area contributed by atoms with Gasteiger partial charge in [-0.3, -0.25) is 0 Å². The van der Waals surface area contributed by atoms with Gasteiger partial charge >= 0.3 is 5.51 Å². The first-order valence-electron chi connectivity index (χ1n) is 6.97. The van der Waals surface area contributed by atoms with E-state index in [1.807, 2.05) is 0 Å². The number of para-hydroxylation sites is 1. The lowest BCUT2D eigenvalue weighted by molar-refractivity contribution is -0.0435. The van der Waals surface area contributed by atoms with E-state index in [0.29, 0.717) is 13.0 Å². The molecule has 22 heavy (non-hydrogen) atoms. The van der Waals surface area contributed by atoms with Crippen molar-refractivity contribution >= 4 is 15.5 Å². The summed E-state index contributed by atoms with van der Waals surface area (Å²) >= 11 is 0. The fourth-order valence-electron chi connectivity index (χ4n) is 2.68. The van der Waals surface area contributed by atoms with Gasteiger partial charge in [0.2, 0.25) is 0 Å². The molecule has 0 heterocycles. The van der Waals surface area contributed by atoms with E-state index >= 15 is 0 Å². The highest BCUT2D eigenvalue weighted by Crippen LogP contribution is 2.44. The molecule has 0 spiro atoms. The second-order valence-electron chi connectivity index (χ2n) is 5.63. The summed E-state index contributed by atoms with van der Waals surface area (Å²) < 4.78 is 61.4. The highest BCUT2D eigenvalue weighted by molar-refractivity contribution is 7.92. The molecule has 1 fully saturated rings. The van der Waals surface area contributed by atoms with Crippen molar-refractivity contribution in [2.24, 2.45) is 5.41 Å². The number of sulfone groups is 1. The maximum absolute atomic E-state index is 12.7. The van der Waals surface area contributed by atoms with E-state index in [2.05, 4.69) is 5.32 Å². The largest absolute Gasteiger partial charge is 0.501 e. The number of rotatable bonds is 6. The molecule has 2 N–H and O–H groups in total. The van der Waals surface area contributed by atoms with Crippen molar-refractivity contribution in [2.75, 3.05) is 18.5 Å². The Labute approximate surface area is 127 Å². The van der Waals surface area contributed by atoms with Gasteiger partial charge in [-0.05, 0) is 36.8 Å². The van der Waals surface area contributed by atoms with Gasteiger partial charge in [-0.25, -0.2) is 8.42 Å². The van der Waals surface area contributed by atoms with Crippen LogP contribution in [0.2, 0.25) is 0 Å². The highest BCUT2D eigenvalue weighted by Gasteiger charge is 2.48. The lowest BCUT2D eigenvalue weighted by Crippen LogP contribution is -2.37. The average Bonchev–Trinajstić information content (AvgIpc) is 2.40. The quantitative estimate of drug-likeness (QED) is 0.838. The molecule has 1 aromatic carbocycles. The molecule has 0 radical (unpaired) electrons. The fourth-order valence-corrected chi connectivity index (χ4v) is 3.62. The van der Waals surface area contributed by atoms with Crippen LogP contribution >= 0.6 is 0 Å². The maximum Gasteiger partial charge on any atom is 0.501 e. The van der Waals surface area contributed by atoms with Crippen LogP contribution in [0.15, 0.2) is 29.2 Å². The van der Waals surface area contributed by atoms with Crippen LogP contribution in [0.25, 0.3) is 0 Å². The number of nitrogens with one attached hydrogen (secondary N) is 1. The second kappa shape index (κ2) is 6.08. The average molecular weight is 337 g/mol. The first kappa shape index (κ1) is 17.1. The smallest absolute Gasteiger partial charge is 0.396 e. The van der Waals surface area contributed by atoms with E-state index in [1.54, 1.807) is 0 Å². The Kier molecular flexibility index (Phi) is 4.72. The van der Waals surface area contributed by atoms with Gasteiger partial charge in [-0.2, -0.15) is 13.2 Å². The third-order valence-electron chi connectivity index (χ3n) is 4.19. The molecule has 0 atom stereocenters. The zero-order chi connectivity index (χ0) is 16.4. The van der Waals surface area contributed by atoms with E-state index in [1.165, 1.54) is 18.2 Å². The summed E-state index contributed by atoms with van der Waals surface area (Å²) in [4.78, 5) is -0.763. The van der Waals surface area contributed by atoms with E-state index < -0.39 is 20.2 Å². The number of aliphatic hydroxyl groups is 1. The van der Waals surface area contributed by atoms with Gasteiger partial charge in [0.1, 0.15) is 0 Å². The highest BCUT2D eigenvalue weighted by atomic mass is 32.2. The number of anilines is 1. The Morgan fingerprint density at radius 2 is 1.86 bits per heavy atom. The van der Waals surface area contributed by atoms with Crippen LogP contribution in [0, 0.1) is 5.41 Å². The van der Waals surface area contributed by atoms with Crippen LogP contribution in [0.5, 0.6) is 0 Å². The molecule has 8 heteroatoms. The van der Waals surface area contributed by atoms with Crippen molar-refractivity contribution in [3.63, 3.8) is 0 Å². The third-order valence-corrected chi connectivity index (χ3v) is 5.74. The minimum Gasteiger partial charge on any atom is -0.396 e. The van der Waals surface area contributed by atoms with Gasteiger partial charge < -0.3 is 10.4 Å². The Morgan fingerprint density at radius 1 is 1.23 bits per heavy atom. The van der Waals surface area contributed by atoms with Gasteiger partial charge in [0.25, 0.3) is 9.84 Å². The van der Waals surface area contributed by atoms with E-state index in [4.69, 9.17) is 5.11 Å². The van der Waals surface area contributed by atoms with E-state index in [0.717, 1.165) is 25.3 Å². The normalized spacial score (nSPS) is 17.8. The molecule has 0 bridgehead atoms. The van der Waals surface area contributed by atoms with Gasteiger partial charge in [0.05, 0.1) is 10.6 Å².